The molecule has 6 heteroatoms. The molecule has 2 aliphatic heterocycles. The van der Waals surface area contributed by atoms with E-state index < -0.39 is 0 Å². The van der Waals surface area contributed by atoms with Gasteiger partial charge < -0.3 is 19.5 Å². The maximum absolute atomic E-state index is 12.8. The van der Waals surface area contributed by atoms with E-state index in [2.05, 4.69) is 4.98 Å². The zero-order valence-corrected chi connectivity index (χ0v) is 16.6. The summed E-state index contributed by atoms with van der Waals surface area (Å²) < 4.78 is 5.31. The van der Waals surface area contributed by atoms with Crippen molar-refractivity contribution < 1.29 is 14.3 Å². The van der Waals surface area contributed by atoms with Gasteiger partial charge in [-0.2, -0.15) is 0 Å². The Kier molecular flexibility index (Phi) is 5.55. The molecule has 2 aromatic rings. The predicted octanol–water partition coefficient (Wildman–Crippen LogP) is 2.97. The van der Waals surface area contributed by atoms with E-state index in [9.17, 15) is 9.59 Å². The van der Waals surface area contributed by atoms with Gasteiger partial charge in [0.05, 0.1) is 13.5 Å². The highest BCUT2D eigenvalue weighted by Gasteiger charge is 2.27. The van der Waals surface area contributed by atoms with E-state index in [1.807, 2.05) is 34.2 Å². The highest BCUT2D eigenvalue weighted by molar-refractivity contribution is 5.89. The van der Waals surface area contributed by atoms with Crippen molar-refractivity contribution in [2.24, 2.45) is 5.92 Å². The number of amides is 2. The summed E-state index contributed by atoms with van der Waals surface area (Å²) in [6.45, 7) is 3.35. The average Bonchev–Trinajstić information content (AvgIpc) is 3.12. The molecule has 0 aliphatic carbocycles. The molecule has 1 aromatic heterocycles. The van der Waals surface area contributed by atoms with E-state index in [4.69, 9.17) is 4.74 Å². The molecule has 1 aromatic carbocycles. The van der Waals surface area contributed by atoms with Crippen molar-refractivity contribution in [2.45, 2.75) is 38.5 Å². The summed E-state index contributed by atoms with van der Waals surface area (Å²) >= 11 is 0. The van der Waals surface area contributed by atoms with Gasteiger partial charge in [0.25, 0.3) is 0 Å². The number of nitrogens with one attached hydrogen (secondary N) is 1. The van der Waals surface area contributed by atoms with E-state index in [-0.39, 0.29) is 5.91 Å². The third-order valence-corrected chi connectivity index (χ3v) is 6.18. The minimum Gasteiger partial charge on any atom is -0.497 e. The maximum Gasteiger partial charge on any atom is 0.227 e. The van der Waals surface area contributed by atoms with Crippen LogP contribution < -0.4 is 4.74 Å². The maximum atomic E-state index is 12.8. The first-order valence-electron chi connectivity index (χ1n) is 10.3. The molecule has 4 rings (SSSR count). The van der Waals surface area contributed by atoms with Gasteiger partial charge in [-0.1, -0.05) is 0 Å². The third kappa shape index (κ3) is 4.01. The number of rotatable bonds is 5. The Balaban J connectivity index is 1.32. The fraction of sp³-hybridized carbons (Fsp3) is 0.545. The van der Waals surface area contributed by atoms with Gasteiger partial charge in [-0.15, -0.1) is 0 Å². The van der Waals surface area contributed by atoms with Gasteiger partial charge in [0.1, 0.15) is 5.75 Å². The largest absolute Gasteiger partial charge is 0.497 e. The molecule has 2 fully saturated rings. The number of fused-ring (bicyclic) bond motifs is 1. The number of piperidine rings is 2. The van der Waals surface area contributed by atoms with Crippen LogP contribution in [0, 0.1) is 5.92 Å². The van der Waals surface area contributed by atoms with Crippen molar-refractivity contribution in [3.05, 3.63) is 30.0 Å². The second kappa shape index (κ2) is 8.25. The number of H-pyrrole nitrogens is 1. The number of ether oxygens (including phenoxy) is 1. The standard InChI is InChI=1S/C22H29N3O3/c1-28-18-5-6-20-19(13-18)17(14-23-20)12-22(27)24-10-7-16(8-11-24)15-25-9-3-2-4-21(25)26/h5-6,13-14,16,23H,2-4,7-12,15H2,1H3. The number of nitrogens with zero attached hydrogens (tertiary/aromatic N) is 2. The summed E-state index contributed by atoms with van der Waals surface area (Å²) in [6, 6.07) is 5.88. The molecule has 6 nitrogen and oxygen atoms in total. The minimum atomic E-state index is 0.177. The first kappa shape index (κ1) is 18.8. The van der Waals surface area contributed by atoms with Gasteiger partial charge in [0, 0.05) is 49.7 Å². The van der Waals surface area contributed by atoms with Gasteiger partial charge in [-0.25, -0.2) is 0 Å². The van der Waals surface area contributed by atoms with Crippen LogP contribution in [0.1, 0.15) is 37.7 Å². The summed E-state index contributed by atoms with van der Waals surface area (Å²) in [5.41, 5.74) is 2.04. The molecule has 2 amide bonds. The molecule has 0 bridgehead atoms. The van der Waals surface area contributed by atoms with Gasteiger partial charge in [0.2, 0.25) is 11.8 Å². The lowest BCUT2D eigenvalue weighted by atomic mass is 9.94. The smallest absolute Gasteiger partial charge is 0.227 e. The fourth-order valence-electron chi connectivity index (χ4n) is 4.44. The summed E-state index contributed by atoms with van der Waals surface area (Å²) in [5, 5.41) is 1.05. The Bertz CT molecular complexity index is 852. The second-order valence-electron chi connectivity index (χ2n) is 8.02. The Morgan fingerprint density at radius 3 is 2.79 bits per heavy atom. The molecule has 1 N–H and O–H groups in total. The Morgan fingerprint density at radius 2 is 2.04 bits per heavy atom. The van der Waals surface area contributed by atoms with Crippen molar-refractivity contribution in [3.63, 3.8) is 0 Å². The number of methoxy groups -OCH3 is 1. The van der Waals surface area contributed by atoms with Crippen molar-refractivity contribution in [1.82, 2.24) is 14.8 Å². The number of benzene rings is 1. The highest BCUT2D eigenvalue weighted by atomic mass is 16.5. The molecule has 0 unspecified atom stereocenters. The average molecular weight is 383 g/mol. The van der Waals surface area contributed by atoms with Crippen molar-refractivity contribution in [2.75, 3.05) is 33.3 Å². The van der Waals surface area contributed by atoms with E-state index in [0.717, 1.165) is 74.1 Å². The molecule has 0 saturated carbocycles. The summed E-state index contributed by atoms with van der Waals surface area (Å²) in [5.74, 6) is 1.80. The Labute approximate surface area is 165 Å². The Morgan fingerprint density at radius 1 is 1.21 bits per heavy atom. The molecule has 0 atom stereocenters. The number of likely N-dealkylation sites (tertiary alicyclic amines) is 2. The molecule has 28 heavy (non-hydrogen) atoms. The zero-order chi connectivity index (χ0) is 19.5. The monoisotopic (exact) mass is 383 g/mol. The normalized spacial score (nSPS) is 18.7. The fourth-order valence-corrected chi connectivity index (χ4v) is 4.44. The van der Waals surface area contributed by atoms with Gasteiger partial charge >= 0.3 is 0 Å². The van der Waals surface area contributed by atoms with Crippen LogP contribution in [0.5, 0.6) is 5.75 Å². The van der Waals surface area contributed by atoms with Crippen LogP contribution in [0.4, 0.5) is 0 Å². The SMILES string of the molecule is COc1ccc2[nH]cc(CC(=O)N3CCC(CN4CCCCC4=O)CC3)c2c1. The number of carbonyl (C=O) groups excluding carboxylic acids is 2. The zero-order valence-electron chi connectivity index (χ0n) is 16.6. The van der Waals surface area contributed by atoms with Crippen LogP contribution in [-0.4, -0.2) is 59.9 Å². The van der Waals surface area contributed by atoms with Gasteiger partial charge in [-0.05, 0) is 55.4 Å². The molecule has 2 aliphatic rings. The lowest BCUT2D eigenvalue weighted by Gasteiger charge is -2.36. The summed E-state index contributed by atoms with van der Waals surface area (Å²) in [7, 11) is 1.65. The van der Waals surface area contributed by atoms with Crippen LogP contribution in [0.15, 0.2) is 24.4 Å². The number of aromatic amines is 1. The molecular weight excluding hydrogens is 354 g/mol. The third-order valence-electron chi connectivity index (χ3n) is 6.18. The van der Waals surface area contributed by atoms with Crippen LogP contribution in [0.2, 0.25) is 0 Å². The number of aromatic nitrogens is 1. The van der Waals surface area contributed by atoms with Crippen LogP contribution in [0.25, 0.3) is 10.9 Å². The van der Waals surface area contributed by atoms with Crippen molar-refractivity contribution in [3.8, 4) is 5.75 Å². The van der Waals surface area contributed by atoms with E-state index in [1.165, 1.54) is 0 Å². The molecule has 150 valence electrons. The van der Waals surface area contributed by atoms with Crippen molar-refractivity contribution >= 4 is 22.7 Å². The van der Waals surface area contributed by atoms with Crippen LogP contribution in [0.3, 0.4) is 0 Å². The number of hydrogen-bond acceptors (Lipinski definition) is 3. The number of hydrogen-bond donors (Lipinski definition) is 1. The lowest BCUT2D eigenvalue weighted by molar-refractivity contribution is -0.136. The Hall–Kier alpha value is -2.50. The van der Waals surface area contributed by atoms with Crippen LogP contribution >= 0.6 is 0 Å². The minimum absolute atomic E-state index is 0.177. The van der Waals surface area contributed by atoms with Gasteiger partial charge in [0.15, 0.2) is 0 Å². The first-order valence-corrected chi connectivity index (χ1v) is 10.3. The highest BCUT2D eigenvalue weighted by Crippen LogP contribution is 2.26. The first-order chi connectivity index (χ1) is 13.6. The van der Waals surface area contributed by atoms with E-state index in [1.54, 1.807) is 7.11 Å². The summed E-state index contributed by atoms with van der Waals surface area (Å²) in [6.07, 6.45) is 7.15. The van der Waals surface area contributed by atoms with E-state index >= 15 is 0 Å². The molecule has 0 spiro atoms. The van der Waals surface area contributed by atoms with Crippen LogP contribution in [-0.2, 0) is 16.0 Å². The second-order valence-corrected chi connectivity index (χ2v) is 8.02. The molecule has 3 heterocycles. The molecular formula is C22H29N3O3. The van der Waals surface area contributed by atoms with Gasteiger partial charge in [-0.3, -0.25) is 9.59 Å². The van der Waals surface area contributed by atoms with Crippen molar-refractivity contribution in [1.29, 1.82) is 0 Å². The predicted molar refractivity (Wildman–Crippen MR) is 108 cm³/mol. The lowest BCUT2D eigenvalue weighted by Crippen LogP contribution is -2.44. The summed E-state index contributed by atoms with van der Waals surface area (Å²) in [4.78, 5) is 32.1. The topological polar surface area (TPSA) is 65.6 Å². The molecule has 2 saturated heterocycles. The number of carbonyl (C=O) groups is 2. The molecule has 0 radical (unpaired) electrons. The van der Waals surface area contributed by atoms with E-state index in [0.29, 0.717) is 24.7 Å². The quantitative estimate of drug-likeness (QED) is 0.863.